The molecule has 0 aromatic rings. The van der Waals surface area contributed by atoms with Crippen LogP contribution >= 0.6 is 12.6 Å². The second-order valence-electron chi connectivity index (χ2n) is 9.42. The SMILES string of the molecule is [B]C1CC2CC3(C1)CC(C)CC2CC1CCC(CC1S)C3. The van der Waals surface area contributed by atoms with E-state index in [1.54, 1.807) is 0 Å². The summed E-state index contributed by atoms with van der Waals surface area (Å²) in [6.45, 7) is 2.53. The summed E-state index contributed by atoms with van der Waals surface area (Å²) in [7, 11) is 6.54. The van der Waals surface area contributed by atoms with Gasteiger partial charge in [-0.15, -0.1) is 0 Å². The fraction of sp³-hybridized carbons (Fsp3) is 1.00. The van der Waals surface area contributed by atoms with E-state index in [2.05, 4.69) is 6.92 Å². The highest BCUT2D eigenvalue weighted by Crippen LogP contribution is 2.60. The van der Waals surface area contributed by atoms with Crippen molar-refractivity contribution >= 4 is 20.5 Å². The van der Waals surface area contributed by atoms with Crippen molar-refractivity contribution in [1.29, 1.82) is 0 Å². The fourth-order valence-corrected chi connectivity index (χ4v) is 7.67. The molecule has 0 N–H and O–H groups in total. The lowest BCUT2D eigenvalue weighted by atomic mass is 9.53. The summed E-state index contributed by atoms with van der Waals surface area (Å²) < 4.78 is 0. The van der Waals surface area contributed by atoms with Crippen LogP contribution in [0.3, 0.4) is 0 Å². The zero-order valence-corrected chi connectivity index (χ0v) is 14.5. The molecule has 0 amide bonds. The minimum Gasteiger partial charge on any atom is -0.176 e. The third kappa shape index (κ3) is 2.84. The Morgan fingerprint density at radius 2 is 1.71 bits per heavy atom. The smallest absolute Gasteiger partial charge is 0.0699 e. The molecular formula is C19H31BS. The van der Waals surface area contributed by atoms with Gasteiger partial charge in [-0.1, -0.05) is 32.0 Å². The predicted molar refractivity (Wildman–Crippen MR) is 94.0 cm³/mol. The minimum atomic E-state index is 0.487. The molecule has 5 aliphatic carbocycles. The van der Waals surface area contributed by atoms with Gasteiger partial charge in [-0.3, -0.25) is 0 Å². The van der Waals surface area contributed by atoms with Gasteiger partial charge in [0, 0.05) is 5.25 Å². The Morgan fingerprint density at radius 3 is 2.52 bits per heavy atom. The zero-order valence-electron chi connectivity index (χ0n) is 13.6. The van der Waals surface area contributed by atoms with Gasteiger partial charge in [-0.2, -0.15) is 12.6 Å². The van der Waals surface area contributed by atoms with Gasteiger partial charge in [0.05, 0.1) is 7.85 Å². The first-order chi connectivity index (χ1) is 10.0. The summed E-state index contributed by atoms with van der Waals surface area (Å²) in [6, 6.07) is 0. The maximum atomic E-state index is 6.54. The Labute approximate surface area is 138 Å². The van der Waals surface area contributed by atoms with E-state index in [0.717, 1.165) is 29.6 Å². The molecule has 0 aromatic carbocycles. The van der Waals surface area contributed by atoms with E-state index in [4.69, 9.17) is 20.5 Å². The highest BCUT2D eigenvalue weighted by molar-refractivity contribution is 7.81. The molecule has 0 aliphatic heterocycles. The highest BCUT2D eigenvalue weighted by atomic mass is 32.1. The van der Waals surface area contributed by atoms with Crippen LogP contribution in [0.5, 0.6) is 0 Å². The Bertz CT molecular complexity index is 397. The van der Waals surface area contributed by atoms with Crippen LogP contribution in [0.25, 0.3) is 0 Å². The molecule has 21 heavy (non-hydrogen) atoms. The average Bonchev–Trinajstić information content (AvgIpc) is 2.49. The van der Waals surface area contributed by atoms with Crippen molar-refractivity contribution < 1.29 is 0 Å². The molecule has 5 aliphatic rings. The molecule has 0 nitrogen and oxygen atoms in total. The molecule has 2 radical (unpaired) electrons. The summed E-state index contributed by atoms with van der Waals surface area (Å²) in [5.41, 5.74) is 0.596. The van der Waals surface area contributed by atoms with Crippen LogP contribution in [0.4, 0.5) is 0 Å². The van der Waals surface area contributed by atoms with E-state index in [9.17, 15) is 0 Å². The lowest BCUT2D eigenvalue weighted by molar-refractivity contribution is 0.0510. The van der Waals surface area contributed by atoms with Crippen LogP contribution in [0.2, 0.25) is 5.82 Å². The van der Waals surface area contributed by atoms with Gasteiger partial charge in [-0.05, 0) is 80.0 Å². The van der Waals surface area contributed by atoms with Crippen molar-refractivity contribution in [2.45, 2.75) is 82.2 Å². The van der Waals surface area contributed by atoms with Crippen molar-refractivity contribution in [3.8, 4) is 0 Å². The summed E-state index contributed by atoms with van der Waals surface area (Å²) >= 11 is 5.02. The molecule has 0 aromatic heterocycles. The van der Waals surface area contributed by atoms with Crippen molar-refractivity contribution in [3.63, 3.8) is 0 Å². The standard InChI is InChI=1S/C19H31BS/c1-12-4-15-6-14-3-2-13(5-18(14)21)9-19(8-12)10-16(15)7-17(20)11-19/h12-18,21H,2-11H2,1H3. The second kappa shape index (κ2) is 5.50. The van der Waals surface area contributed by atoms with Crippen molar-refractivity contribution in [1.82, 2.24) is 0 Å². The number of hydrogen-bond acceptors (Lipinski definition) is 1. The quantitative estimate of drug-likeness (QED) is 0.456. The molecule has 5 saturated carbocycles. The molecule has 5 fully saturated rings. The summed E-state index contributed by atoms with van der Waals surface area (Å²) in [5, 5.41) is 0.684. The van der Waals surface area contributed by atoms with Crippen molar-refractivity contribution in [2.75, 3.05) is 0 Å². The first-order valence-corrected chi connectivity index (χ1v) is 9.98. The monoisotopic (exact) mass is 302 g/mol. The number of fused-ring (bicyclic) bond motifs is 2. The molecule has 8 unspecified atom stereocenters. The van der Waals surface area contributed by atoms with E-state index >= 15 is 0 Å². The van der Waals surface area contributed by atoms with Crippen LogP contribution in [-0.4, -0.2) is 13.1 Å². The Balaban J connectivity index is 1.72. The molecule has 0 heterocycles. The lowest BCUT2D eigenvalue weighted by Gasteiger charge is -2.49. The Morgan fingerprint density at radius 1 is 0.857 bits per heavy atom. The largest absolute Gasteiger partial charge is 0.176 e. The van der Waals surface area contributed by atoms with Gasteiger partial charge in [-0.25, -0.2) is 0 Å². The molecule has 2 heteroatoms. The van der Waals surface area contributed by atoms with Gasteiger partial charge in [0.1, 0.15) is 0 Å². The van der Waals surface area contributed by atoms with Crippen LogP contribution in [0, 0.1) is 35.0 Å². The molecular weight excluding hydrogens is 271 g/mol. The molecule has 5 bridgehead atoms. The van der Waals surface area contributed by atoms with E-state index < -0.39 is 0 Å². The van der Waals surface area contributed by atoms with Crippen molar-refractivity contribution in [2.24, 2.45) is 35.0 Å². The number of thiol groups is 1. The molecule has 116 valence electrons. The van der Waals surface area contributed by atoms with Gasteiger partial charge in [0.2, 0.25) is 0 Å². The topological polar surface area (TPSA) is 0 Å². The minimum absolute atomic E-state index is 0.487. The van der Waals surface area contributed by atoms with E-state index in [1.807, 2.05) is 0 Å². The fourth-order valence-electron chi connectivity index (χ4n) is 7.10. The number of rotatable bonds is 0. The van der Waals surface area contributed by atoms with Crippen LogP contribution < -0.4 is 0 Å². The third-order valence-electron chi connectivity index (χ3n) is 7.54. The van der Waals surface area contributed by atoms with Crippen molar-refractivity contribution in [3.05, 3.63) is 0 Å². The van der Waals surface area contributed by atoms with Crippen LogP contribution in [-0.2, 0) is 0 Å². The van der Waals surface area contributed by atoms with Gasteiger partial charge in [0.15, 0.2) is 0 Å². The summed E-state index contributed by atoms with van der Waals surface area (Å²) in [5.74, 6) is 5.12. The van der Waals surface area contributed by atoms with E-state index in [0.29, 0.717) is 16.5 Å². The van der Waals surface area contributed by atoms with Crippen LogP contribution in [0.15, 0.2) is 0 Å². The average molecular weight is 302 g/mol. The third-order valence-corrected chi connectivity index (χ3v) is 8.17. The zero-order chi connectivity index (χ0) is 14.6. The first-order valence-electron chi connectivity index (χ1n) is 9.47. The normalized spacial score (nSPS) is 57.0. The van der Waals surface area contributed by atoms with Gasteiger partial charge < -0.3 is 0 Å². The van der Waals surface area contributed by atoms with Gasteiger partial charge >= 0.3 is 0 Å². The molecule has 0 saturated heterocycles. The maximum Gasteiger partial charge on any atom is 0.0699 e. The Hall–Kier alpha value is 0.415. The van der Waals surface area contributed by atoms with Gasteiger partial charge in [0.25, 0.3) is 0 Å². The van der Waals surface area contributed by atoms with E-state index in [-0.39, 0.29) is 0 Å². The van der Waals surface area contributed by atoms with Crippen LogP contribution in [0.1, 0.15) is 71.1 Å². The second-order valence-corrected chi connectivity index (χ2v) is 10.1. The Kier molecular flexibility index (Phi) is 3.92. The molecule has 0 spiro atoms. The lowest BCUT2D eigenvalue weighted by Crippen LogP contribution is -2.39. The summed E-state index contributed by atoms with van der Waals surface area (Å²) in [6.07, 6.45) is 14.3. The molecule has 5 rings (SSSR count). The maximum absolute atomic E-state index is 6.54. The number of hydrogen-bond donors (Lipinski definition) is 1. The first kappa shape index (κ1) is 15.0. The molecule has 8 atom stereocenters. The van der Waals surface area contributed by atoms with E-state index in [1.165, 1.54) is 64.2 Å². The predicted octanol–water partition coefficient (Wildman–Crippen LogP) is 5.28. The highest BCUT2D eigenvalue weighted by Gasteiger charge is 2.48. The summed E-state index contributed by atoms with van der Waals surface area (Å²) in [4.78, 5) is 0.